The molecule has 2 aromatic heterocycles. The maximum Gasteiger partial charge on any atom is 0.241 e. The molecule has 0 saturated carbocycles. The van der Waals surface area contributed by atoms with Gasteiger partial charge in [-0.1, -0.05) is 72.8 Å². The van der Waals surface area contributed by atoms with Crippen LogP contribution in [0.1, 0.15) is 12.0 Å². The summed E-state index contributed by atoms with van der Waals surface area (Å²) in [6, 6.07) is 40.4. The molecule has 0 bridgehead atoms. The zero-order valence-electron chi connectivity index (χ0n) is 24.1. The minimum atomic E-state index is -0.687. The van der Waals surface area contributed by atoms with Crippen LogP contribution in [-0.2, 0) is 17.9 Å². The highest BCUT2D eigenvalue weighted by Gasteiger charge is 2.14. The molecule has 1 amide bonds. The van der Waals surface area contributed by atoms with Crippen molar-refractivity contribution in [3.8, 4) is 5.75 Å². The normalized spacial score (nSPS) is 12.5. The molecule has 5 aromatic carbocycles. The van der Waals surface area contributed by atoms with Crippen molar-refractivity contribution in [3.63, 3.8) is 0 Å². The number of fused-ring (bicyclic) bond motifs is 6. The molecule has 7 rings (SSSR count). The van der Waals surface area contributed by atoms with Gasteiger partial charge in [-0.3, -0.25) is 4.79 Å². The number of hydrazone groups is 1. The number of amides is 1. The number of ether oxygens (including phenoxy) is 1. The van der Waals surface area contributed by atoms with Crippen molar-refractivity contribution >= 4 is 55.7 Å². The van der Waals surface area contributed by atoms with Gasteiger partial charge in [0, 0.05) is 56.6 Å². The first-order valence-electron chi connectivity index (χ1n) is 14.8. The molecule has 7 aromatic rings. The van der Waals surface area contributed by atoms with Crippen molar-refractivity contribution in [2.24, 2.45) is 5.10 Å². The van der Waals surface area contributed by atoms with E-state index >= 15 is 0 Å². The van der Waals surface area contributed by atoms with Gasteiger partial charge in [-0.15, -0.1) is 0 Å². The minimum Gasteiger partial charge on any atom is -0.491 e. The molecule has 0 fully saturated rings. The third kappa shape index (κ3) is 5.41. The number of para-hydroxylation sites is 4. The second-order valence-electron chi connectivity index (χ2n) is 10.9. The summed E-state index contributed by atoms with van der Waals surface area (Å²) in [5.74, 6) is 0.499. The summed E-state index contributed by atoms with van der Waals surface area (Å²) in [6.07, 6.45) is 1.23. The van der Waals surface area contributed by atoms with Crippen molar-refractivity contribution < 1.29 is 14.6 Å². The lowest BCUT2D eigenvalue weighted by Crippen LogP contribution is -2.23. The molecule has 1 unspecified atom stereocenters. The highest BCUT2D eigenvalue weighted by atomic mass is 16.5. The fourth-order valence-corrected chi connectivity index (χ4v) is 6.00. The zero-order valence-corrected chi connectivity index (χ0v) is 24.1. The molecule has 0 radical (unpaired) electrons. The molecule has 0 aliphatic rings. The van der Waals surface area contributed by atoms with E-state index in [-0.39, 0.29) is 12.5 Å². The van der Waals surface area contributed by atoms with Crippen molar-refractivity contribution in [1.29, 1.82) is 0 Å². The van der Waals surface area contributed by atoms with E-state index in [2.05, 4.69) is 68.2 Å². The molecule has 0 aliphatic carbocycles. The lowest BCUT2D eigenvalue weighted by Gasteiger charge is -2.15. The maximum absolute atomic E-state index is 12.6. The van der Waals surface area contributed by atoms with Crippen LogP contribution in [0.2, 0.25) is 0 Å². The summed E-state index contributed by atoms with van der Waals surface area (Å²) < 4.78 is 10.2. The lowest BCUT2D eigenvalue weighted by atomic mass is 10.2. The zero-order chi connectivity index (χ0) is 29.9. The van der Waals surface area contributed by atoms with Gasteiger partial charge in [0.05, 0.1) is 12.8 Å². The maximum atomic E-state index is 12.6. The molecule has 2 N–H and O–H groups in total. The molecular formula is C37H32N4O3. The van der Waals surface area contributed by atoms with Gasteiger partial charge in [0.1, 0.15) is 18.5 Å². The number of carbonyl (C=O) groups is 1. The number of benzene rings is 5. The second kappa shape index (κ2) is 12.1. The molecule has 218 valence electrons. The molecule has 0 spiro atoms. The van der Waals surface area contributed by atoms with Crippen molar-refractivity contribution in [2.75, 3.05) is 6.61 Å². The van der Waals surface area contributed by atoms with Crippen molar-refractivity contribution in [1.82, 2.24) is 14.6 Å². The third-order valence-corrected chi connectivity index (χ3v) is 8.04. The average molecular weight is 581 g/mol. The smallest absolute Gasteiger partial charge is 0.241 e. The van der Waals surface area contributed by atoms with E-state index in [1.165, 1.54) is 21.5 Å². The second-order valence-corrected chi connectivity index (χ2v) is 10.9. The summed E-state index contributed by atoms with van der Waals surface area (Å²) in [5.41, 5.74) is 7.89. The SMILES string of the molecule is O=C(CCn1c2ccccc2c2ccccc21)N/N=C/c1ccc(OCC(O)Cn2c3ccccc3c3ccccc32)cc1. The predicted octanol–water partition coefficient (Wildman–Crippen LogP) is 6.88. The fraction of sp³-hybridized carbons (Fsp3) is 0.135. The Hall–Kier alpha value is -5.40. The molecule has 0 saturated heterocycles. The van der Waals surface area contributed by atoms with Crippen LogP contribution in [0.4, 0.5) is 0 Å². The van der Waals surface area contributed by atoms with Gasteiger partial charge in [0.2, 0.25) is 5.91 Å². The van der Waals surface area contributed by atoms with Crippen LogP contribution in [0, 0.1) is 0 Å². The first-order chi connectivity index (χ1) is 21.7. The topological polar surface area (TPSA) is 80.8 Å². The van der Waals surface area contributed by atoms with E-state index in [9.17, 15) is 9.90 Å². The Morgan fingerprint density at radius 2 is 1.18 bits per heavy atom. The number of hydrogen-bond acceptors (Lipinski definition) is 4. The van der Waals surface area contributed by atoms with E-state index in [1.54, 1.807) is 6.21 Å². The van der Waals surface area contributed by atoms with E-state index in [4.69, 9.17) is 4.74 Å². The standard InChI is InChI=1S/C37H32N4O3/c42-27(24-41-35-15-7-3-11-31(35)32-12-4-8-16-36(32)41)25-44-28-19-17-26(18-20-28)23-38-39-37(43)21-22-40-33-13-5-1-9-29(33)30-10-2-6-14-34(30)40/h1-20,23,27,42H,21-22,24-25H2,(H,39,43)/b38-23+. The summed E-state index contributed by atoms with van der Waals surface area (Å²) in [5, 5.41) is 19.7. The number of aliphatic hydroxyl groups is 1. The van der Waals surface area contributed by atoms with Crippen LogP contribution in [0.3, 0.4) is 0 Å². The summed E-state index contributed by atoms with van der Waals surface area (Å²) in [4.78, 5) is 12.6. The van der Waals surface area contributed by atoms with Gasteiger partial charge < -0.3 is 19.0 Å². The highest BCUT2D eigenvalue weighted by molar-refractivity contribution is 6.08. The Balaban J connectivity index is 0.921. The van der Waals surface area contributed by atoms with Gasteiger partial charge in [0.25, 0.3) is 0 Å². The number of nitrogens with one attached hydrogen (secondary N) is 1. The third-order valence-electron chi connectivity index (χ3n) is 8.04. The quantitative estimate of drug-likeness (QED) is 0.137. The van der Waals surface area contributed by atoms with Crippen LogP contribution < -0.4 is 10.2 Å². The van der Waals surface area contributed by atoms with E-state index in [1.807, 2.05) is 72.8 Å². The molecule has 2 heterocycles. The Morgan fingerprint density at radius 1 is 0.705 bits per heavy atom. The van der Waals surface area contributed by atoms with Crippen LogP contribution in [0.25, 0.3) is 43.6 Å². The number of rotatable bonds is 10. The van der Waals surface area contributed by atoms with Gasteiger partial charge in [-0.2, -0.15) is 5.10 Å². The monoisotopic (exact) mass is 580 g/mol. The van der Waals surface area contributed by atoms with E-state index < -0.39 is 6.10 Å². The number of hydrogen-bond donors (Lipinski definition) is 2. The predicted molar refractivity (Wildman–Crippen MR) is 177 cm³/mol. The largest absolute Gasteiger partial charge is 0.491 e. The molecular weight excluding hydrogens is 548 g/mol. The Kier molecular flexibility index (Phi) is 7.53. The Labute approximate surface area is 254 Å². The molecule has 1 atom stereocenters. The van der Waals surface area contributed by atoms with Gasteiger partial charge in [-0.25, -0.2) is 5.43 Å². The van der Waals surface area contributed by atoms with E-state index in [0.29, 0.717) is 25.3 Å². The first kappa shape index (κ1) is 27.4. The number of carbonyl (C=O) groups excluding carboxylic acids is 1. The van der Waals surface area contributed by atoms with Gasteiger partial charge >= 0.3 is 0 Å². The highest BCUT2D eigenvalue weighted by Crippen LogP contribution is 2.30. The number of aliphatic hydroxyl groups excluding tert-OH is 1. The molecule has 0 aliphatic heterocycles. The van der Waals surface area contributed by atoms with Crippen LogP contribution >= 0.6 is 0 Å². The van der Waals surface area contributed by atoms with Crippen molar-refractivity contribution in [3.05, 3.63) is 127 Å². The van der Waals surface area contributed by atoms with Crippen LogP contribution in [0.5, 0.6) is 5.75 Å². The molecule has 7 nitrogen and oxygen atoms in total. The Morgan fingerprint density at radius 3 is 1.70 bits per heavy atom. The van der Waals surface area contributed by atoms with Crippen LogP contribution in [-0.4, -0.2) is 39.1 Å². The summed E-state index contributed by atoms with van der Waals surface area (Å²) in [7, 11) is 0. The number of nitrogens with zero attached hydrogens (tertiary/aromatic N) is 3. The molecule has 44 heavy (non-hydrogen) atoms. The Bertz CT molecular complexity index is 2020. The number of aryl methyl sites for hydroxylation is 1. The molecule has 7 heteroatoms. The minimum absolute atomic E-state index is 0.152. The van der Waals surface area contributed by atoms with Crippen LogP contribution in [0.15, 0.2) is 126 Å². The number of aromatic nitrogens is 2. The first-order valence-corrected chi connectivity index (χ1v) is 14.8. The fourth-order valence-electron chi connectivity index (χ4n) is 6.00. The van der Waals surface area contributed by atoms with E-state index in [0.717, 1.165) is 27.6 Å². The van der Waals surface area contributed by atoms with Crippen molar-refractivity contribution in [2.45, 2.75) is 25.6 Å². The summed E-state index contributed by atoms with van der Waals surface area (Å²) in [6.45, 7) is 1.15. The van der Waals surface area contributed by atoms with Gasteiger partial charge in [0.15, 0.2) is 0 Å². The lowest BCUT2D eigenvalue weighted by molar-refractivity contribution is -0.121. The van der Waals surface area contributed by atoms with Gasteiger partial charge in [-0.05, 0) is 54.1 Å². The average Bonchev–Trinajstić information content (AvgIpc) is 3.56. The summed E-state index contributed by atoms with van der Waals surface area (Å²) >= 11 is 0.